The maximum absolute atomic E-state index is 11.9. The number of carbonyl (C=O) groups excluding carboxylic acids is 2. The van der Waals surface area contributed by atoms with Crippen LogP contribution < -0.4 is 10.6 Å². The number of aliphatic carboxylic acids is 1. The molecule has 1 heterocycles. The first-order chi connectivity index (χ1) is 8.41. The molecule has 1 aliphatic heterocycles. The molecule has 1 aliphatic rings. The third kappa shape index (κ3) is 2.98. The lowest BCUT2D eigenvalue weighted by atomic mass is 10.0. The Kier molecular flexibility index (Phi) is 4.66. The van der Waals surface area contributed by atoms with Gasteiger partial charge >= 0.3 is 5.97 Å². The Bertz CT molecular complexity index is 357. The van der Waals surface area contributed by atoms with Gasteiger partial charge in [0.05, 0.1) is 0 Å². The smallest absolute Gasteiger partial charge is 0.345 e. The average Bonchev–Trinajstić information content (AvgIpc) is 2.53. The molecule has 1 rings (SSSR count). The molecule has 102 valence electrons. The lowest BCUT2D eigenvalue weighted by Gasteiger charge is -2.24. The molecule has 7 nitrogen and oxygen atoms in total. The van der Waals surface area contributed by atoms with Crippen molar-refractivity contribution in [3.63, 3.8) is 0 Å². The Labute approximate surface area is 105 Å². The van der Waals surface area contributed by atoms with Crippen LogP contribution in [0, 0.1) is 0 Å². The zero-order valence-corrected chi connectivity index (χ0v) is 10.5. The molecule has 0 aromatic carbocycles. The molecule has 2 amide bonds. The van der Waals surface area contributed by atoms with Gasteiger partial charge in [0, 0.05) is 13.7 Å². The Morgan fingerprint density at radius 2 is 2.17 bits per heavy atom. The van der Waals surface area contributed by atoms with Crippen molar-refractivity contribution in [2.24, 2.45) is 0 Å². The van der Waals surface area contributed by atoms with E-state index in [1.165, 1.54) is 0 Å². The fourth-order valence-electron chi connectivity index (χ4n) is 1.65. The molecule has 2 atom stereocenters. The van der Waals surface area contributed by atoms with Crippen LogP contribution in [0.3, 0.4) is 0 Å². The molecule has 2 unspecified atom stereocenters. The Hall–Kier alpha value is -1.63. The van der Waals surface area contributed by atoms with Gasteiger partial charge in [0.25, 0.3) is 5.91 Å². The minimum absolute atomic E-state index is 0.287. The number of ether oxygens (including phenoxy) is 1. The highest BCUT2D eigenvalue weighted by molar-refractivity contribution is 6.06. The highest BCUT2D eigenvalue weighted by atomic mass is 16.5. The molecule has 0 bridgehead atoms. The van der Waals surface area contributed by atoms with Gasteiger partial charge in [-0.2, -0.15) is 0 Å². The molecule has 0 spiro atoms. The topological polar surface area (TPSA) is 105 Å². The van der Waals surface area contributed by atoms with Gasteiger partial charge in [-0.15, -0.1) is 0 Å². The van der Waals surface area contributed by atoms with Crippen molar-refractivity contribution in [2.75, 3.05) is 13.7 Å². The van der Waals surface area contributed by atoms with Gasteiger partial charge in [0.1, 0.15) is 6.04 Å². The van der Waals surface area contributed by atoms with Crippen LogP contribution in [0.2, 0.25) is 0 Å². The number of rotatable bonds is 4. The van der Waals surface area contributed by atoms with E-state index < -0.39 is 23.5 Å². The van der Waals surface area contributed by atoms with E-state index in [0.717, 1.165) is 26.9 Å². The van der Waals surface area contributed by atoms with E-state index in [1.807, 2.05) is 0 Å². The second kappa shape index (κ2) is 5.81. The monoisotopic (exact) mass is 258 g/mol. The summed E-state index contributed by atoms with van der Waals surface area (Å²) in [6.07, 6.45) is 2.13. The predicted molar refractivity (Wildman–Crippen MR) is 61.8 cm³/mol. The number of carboxylic acid groups (broad SMARTS) is 1. The van der Waals surface area contributed by atoms with E-state index in [4.69, 9.17) is 9.84 Å². The molecule has 0 aliphatic carbocycles. The van der Waals surface area contributed by atoms with Crippen LogP contribution in [0.1, 0.15) is 26.2 Å². The van der Waals surface area contributed by atoms with E-state index >= 15 is 0 Å². The summed E-state index contributed by atoms with van der Waals surface area (Å²) in [5, 5.41) is 14.0. The molecule has 0 radical (unpaired) electrons. The number of hydrogen-bond acceptors (Lipinski definition) is 4. The number of hydrogen-bond donors (Lipinski definition) is 3. The maximum atomic E-state index is 11.9. The SMILES string of the molecule is COC(C)(C(=O)O)C(=O)NC1CCCCNC1=O. The van der Waals surface area contributed by atoms with Crippen molar-refractivity contribution in [1.29, 1.82) is 0 Å². The fraction of sp³-hybridized carbons (Fsp3) is 0.727. The minimum atomic E-state index is -1.98. The van der Waals surface area contributed by atoms with Gasteiger partial charge in [-0.1, -0.05) is 0 Å². The van der Waals surface area contributed by atoms with Crippen molar-refractivity contribution >= 4 is 17.8 Å². The number of methoxy groups -OCH3 is 1. The highest BCUT2D eigenvalue weighted by Crippen LogP contribution is 2.12. The quantitative estimate of drug-likeness (QED) is 0.576. The van der Waals surface area contributed by atoms with Gasteiger partial charge < -0.3 is 20.5 Å². The zero-order chi connectivity index (χ0) is 13.8. The van der Waals surface area contributed by atoms with Crippen molar-refractivity contribution < 1.29 is 24.2 Å². The second-order valence-electron chi connectivity index (χ2n) is 4.36. The minimum Gasteiger partial charge on any atom is -0.479 e. The van der Waals surface area contributed by atoms with Crippen molar-refractivity contribution in [3.05, 3.63) is 0 Å². The van der Waals surface area contributed by atoms with Crippen LogP contribution in [-0.2, 0) is 19.1 Å². The largest absolute Gasteiger partial charge is 0.479 e. The van der Waals surface area contributed by atoms with Crippen molar-refractivity contribution in [2.45, 2.75) is 37.8 Å². The van der Waals surface area contributed by atoms with Gasteiger partial charge in [0.2, 0.25) is 11.5 Å². The van der Waals surface area contributed by atoms with Gasteiger partial charge in [0.15, 0.2) is 0 Å². The molecule has 1 fully saturated rings. The van der Waals surface area contributed by atoms with E-state index in [-0.39, 0.29) is 5.91 Å². The van der Waals surface area contributed by atoms with Crippen LogP contribution in [0.5, 0.6) is 0 Å². The first-order valence-corrected chi connectivity index (χ1v) is 5.79. The summed E-state index contributed by atoms with van der Waals surface area (Å²) in [5.74, 6) is -2.50. The molecule has 3 N–H and O–H groups in total. The second-order valence-corrected chi connectivity index (χ2v) is 4.36. The molecule has 0 saturated carbocycles. The fourth-order valence-corrected chi connectivity index (χ4v) is 1.65. The summed E-state index contributed by atoms with van der Waals surface area (Å²) in [4.78, 5) is 34.5. The summed E-state index contributed by atoms with van der Waals surface area (Å²) >= 11 is 0. The van der Waals surface area contributed by atoms with Crippen molar-refractivity contribution in [3.8, 4) is 0 Å². The van der Waals surface area contributed by atoms with E-state index in [2.05, 4.69) is 10.6 Å². The molecule has 1 saturated heterocycles. The lowest BCUT2D eigenvalue weighted by molar-refractivity contribution is -0.168. The normalized spacial score (nSPS) is 23.4. The standard InChI is InChI=1S/C11H18N2O5/c1-11(18-2,10(16)17)9(15)13-7-5-3-4-6-12-8(7)14/h7H,3-6H2,1-2H3,(H,12,14)(H,13,15)(H,16,17). The van der Waals surface area contributed by atoms with Crippen molar-refractivity contribution in [1.82, 2.24) is 10.6 Å². The molecule has 0 aromatic heterocycles. The average molecular weight is 258 g/mol. The van der Waals surface area contributed by atoms with Gasteiger partial charge in [-0.25, -0.2) is 4.79 Å². The predicted octanol–water partition coefficient (Wildman–Crippen LogP) is -0.739. The van der Waals surface area contributed by atoms with Crippen LogP contribution in [0.4, 0.5) is 0 Å². The highest BCUT2D eigenvalue weighted by Gasteiger charge is 2.43. The summed E-state index contributed by atoms with van der Waals surface area (Å²) in [7, 11) is 1.14. The third-order valence-electron chi connectivity index (χ3n) is 3.09. The van der Waals surface area contributed by atoms with E-state index in [9.17, 15) is 14.4 Å². The number of nitrogens with one attached hydrogen (secondary N) is 2. The molecule has 0 aromatic rings. The Morgan fingerprint density at radius 3 is 2.72 bits per heavy atom. The zero-order valence-electron chi connectivity index (χ0n) is 10.5. The lowest BCUT2D eigenvalue weighted by Crippen LogP contribution is -2.56. The maximum Gasteiger partial charge on any atom is 0.345 e. The molecule has 18 heavy (non-hydrogen) atoms. The number of amides is 2. The summed E-state index contributed by atoms with van der Waals surface area (Å²) < 4.78 is 4.73. The molecular weight excluding hydrogens is 240 g/mol. The summed E-state index contributed by atoms with van der Waals surface area (Å²) in [6.45, 7) is 1.73. The van der Waals surface area contributed by atoms with Crippen LogP contribution in [0.25, 0.3) is 0 Å². The van der Waals surface area contributed by atoms with E-state index in [1.54, 1.807) is 0 Å². The Balaban J connectivity index is 2.73. The Morgan fingerprint density at radius 1 is 1.50 bits per heavy atom. The van der Waals surface area contributed by atoms with Crippen LogP contribution in [0.15, 0.2) is 0 Å². The van der Waals surface area contributed by atoms with Crippen LogP contribution in [-0.4, -0.2) is 48.2 Å². The number of carbonyl (C=O) groups is 3. The first kappa shape index (κ1) is 14.4. The third-order valence-corrected chi connectivity index (χ3v) is 3.09. The van der Waals surface area contributed by atoms with Crippen LogP contribution >= 0.6 is 0 Å². The first-order valence-electron chi connectivity index (χ1n) is 5.79. The van der Waals surface area contributed by atoms with Gasteiger partial charge in [-0.3, -0.25) is 9.59 Å². The molecule has 7 heteroatoms. The molecular formula is C11H18N2O5. The van der Waals surface area contributed by atoms with Gasteiger partial charge in [-0.05, 0) is 26.2 Å². The summed E-state index contributed by atoms with van der Waals surface area (Å²) in [5.41, 5.74) is -1.98. The summed E-state index contributed by atoms with van der Waals surface area (Å²) in [6, 6.07) is -0.700. The number of carboxylic acids is 1. The van der Waals surface area contributed by atoms with E-state index in [0.29, 0.717) is 13.0 Å².